The number of rotatable bonds is 6. The maximum atomic E-state index is 9.04. The number of hydrogen-bond donors (Lipinski definition) is 1. The van der Waals surface area contributed by atoms with Gasteiger partial charge in [0.05, 0.1) is 11.8 Å². The van der Waals surface area contributed by atoms with E-state index in [0.717, 1.165) is 30.1 Å². The van der Waals surface area contributed by atoms with E-state index in [1.807, 2.05) is 13.8 Å². The fraction of sp³-hybridized carbons (Fsp3) is 0.692. The Bertz CT molecular complexity index is 388. The number of hydrogen-bond acceptors (Lipinski definition) is 4. The molecule has 0 aromatic carbocycles. The summed E-state index contributed by atoms with van der Waals surface area (Å²) in [4.78, 5) is 4.54. The summed E-state index contributed by atoms with van der Waals surface area (Å²) in [6.07, 6.45) is 2.08. The highest BCUT2D eigenvalue weighted by atomic mass is 32.1. The number of thiazole rings is 1. The van der Waals surface area contributed by atoms with Gasteiger partial charge in [-0.05, 0) is 33.2 Å². The van der Waals surface area contributed by atoms with Gasteiger partial charge in [-0.1, -0.05) is 13.8 Å². The Hall–Kier alpha value is -0.920. The molecule has 0 aliphatic rings. The average Bonchev–Trinajstić information content (AvgIpc) is 2.73. The first-order valence-electron chi connectivity index (χ1n) is 6.05. The van der Waals surface area contributed by atoms with Gasteiger partial charge in [-0.25, -0.2) is 4.98 Å². The summed E-state index contributed by atoms with van der Waals surface area (Å²) < 4.78 is 0. The predicted octanol–water partition coefficient (Wildman–Crippen LogP) is 2.87. The van der Waals surface area contributed by atoms with Crippen molar-refractivity contribution in [1.29, 1.82) is 5.26 Å². The third-order valence-electron chi connectivity index (χ3n) is 2.53. The molecule has 0 fully saturated rings. The fourth-order valence-corrected chi connectivity index (χ4v) is 2.35. The van der Waals surface area contributed by atoms with Crippen LogP contribution in [0.3, 0.4) is 0 Å². The lowest BCUT2D eigenvalue weighted by atomic mass is 9.97. The summed E-state index contributed by atoms with van der Waals surface area (Å²) in [6.45, 7) is 9.14. The van der Waals surface area contributed by atoms with Crippen molar-refractivity contribution in [2.24, 2.45) is 0 Å². The van der Waals surface area contributed by atoms with Crippen LogP contribution in [0.1, 0.15) is 44.8 Å². The van der Waals surface area contributed by atoms with Crippen LogP contribution in [0.15, 0.2) is 5.38 Å². The molecule has 0 spiro atoms. The smallest absolute Gasteiger partial charge is 0.113 e. The van der Waals surface area contributed by atoms with Crippen molar-refractivity contribution >= 4 is 11.3 Å². The molecule has 0 radical (unpaired) electrons. The van der Waals surface area contributed by atoms with Crippen molar-refractivity contribution in [2.45, 2.75) is 52.0 Å². The summed E-state index contributed by atoms with van der Waals surface area (Å²) >= 11 is 1.59. The maximum absolute atomic E-state index is 9.04. The molecule has 0 unspecified atom stereocenters. The van der Waals surface area contributed by atoms with Gasteiger partial charge in [0, 0.05) is 11.4 Å². The fourth-order valence-electron chi connectivity index (χ4n) is 1.42. The van der Waals surface area contributed by atoms with Gasteiger partial charge >= 0.3 is 0 Å². The zero-order valence-corrected chi connectivity index (χ0v) is 11.9. The number of nitriles is 1. The minimum Gasteiger partial charge on any atom is -0.315 e. The number of aryl methyl sites for hydroxylation is 1. The largest absolute Gasteiger partial charge is 0.315 e. The molecular formula is C13H21N3S. The van der Waals surface area contributed by atoms with Crippen LogP contribution in [0.25, 0.3) is 0 Å². The molecule has 1 heterocycles. The van der Waals surface area contributed by atoms with E-state index in [0.29, 0.717) is 6.04 Å². The van der Waals surface area contributed by atoms with Crippen LogP contribution in [0.2, 0.25) is 0 Å². The van der Waals surface area contributed by atoms with Gasteiger partial charge in [0.1, 0.15) is 10.4 Å². The SMILES string of the molecule is CC(C)NCCCc1csc(C(C)(C)C#N)n1. The molecule has 3 nitrogen and oxygen atoms in total. The Morgan fingerprint density at radius 2 is 2.24 bits per heavy atom. The van der Waals surface area contributed by atoms with Crippen LogP contribution in [0, 0.1) is 11.3 Å². The molecule has 4 heteroatoms. The lowest BCUT2D eigenvalue weighted by Gasteiger charge is -2.10. The van der Waals surface area contributed by atoms with Crippen LogP contribution in [0.5, 0.6) is 0 Å². The quantitative estimate of drug-likeness (QED) is 0.791. The topological polar surface area (TPSA) is 48.7 Å². The van der Waals surface area contributed by atoms with Crippen molar-refractivity contribution in [3.8, 4) is 6.07 Å². The Kier molecular flexibility index (Phi) is 5.10. The van der Waals surface area contributed by atoms with E-state index in [-0.39, 0.29) is 0 Å². The molecule has 0 atom stereocenters. The molecule has 94 valence electrons. The third kappa shape index (κ3) is 4.45. The van der Waals surface area contributed by atoms with Crippen molar-refractivity contribution in [2.75, 3.05) is 6.54 Å². The van der Waals surface area contributed by atoms with Crippen LogP contribution in [-0.4, -0.2) is 17.6 Å². The van der Waals surface area contributed by atoms with Crippen LogP contribution < -0.4 is 5.32 Å². The Morgan fingerprint density at radius 1 is 1.53 bits per heavy atom. The minimum atomic E-state index is -0.459. The number of aromatic nitrogens is 1. The molecule has 17 heavy (non-hydrogen) atoms. The van der Waals surface area contributed by atoms with E-state index in [4.69, 9.17) is 5.26 Å². The van der Waals surface area contributed by atoms with Gasteiger partial charge in [-0.2, -0.15) is 5.26 Å². The van der Waals surface area contributed by atoms with Crippen LogP contribution in [-0.2, 0) is 11.8 Å². The van der Waals surface area contributed by atoms with E-state index < -0.39 is 5.41 Å². The monoisotopic (exact) mass is 251 g/mol. The Morgan fingerprint density at radius 3 is 2.82 bits per heavy atom. The molecule has 1 aromatic heterocycles. The van der Waals surface area contributed by atoms with E-state index in [1.54, 1.807) is 11.3 Å². The van der Waals surface area contributed by atoms with Crippen LogP contribution in [0.4, 0.5) is 0 Å². The van der Waals surface area contributed by atoms with Gasteiger partial charge in [0.2, 0.25) is 0 Å². The molecule has 0 aliphatic heterocycles. The number of nitrogens with one attached hydrogen (secondary N) is 1. The maximum Gasteiger partial charge on any atom is 0.113 e. The third-order valence-corrected chi connectivity index (χ3v) is 3.74. The molecule has 0 bridgehead atoms. The first kappa shape index (κ1) is 14.1. The highest BCUT2D eigenvalue weighted by Crippen LogP contribution is 2.25. The summed E-state index contributed by atoms with van der Waals surface area (Å²) in [7, 11) is 0. The van der Waals surface area contributed by atoms with Gasteiger partial charge in [0.25, 0.3) is 0 Å². The van der Waals surface area contributed by atoms with Gasteiger partial charge in [-0.3, -0.25) is 0 Å². The molecule has 0 aliphatic carbocycles. The highest BCUT2D eigenvalue weighted by molar-refractivity contribution is 7.09. The summed E-state index contributed by atoms with van der Waals surface area (Å²) in [5.41, 5.74) is 0.651. The first-order chi connectivity index (χ1) is 7.95. The Labute approximate surface area is 108 Å². The van der Waals surface area contributed by atoms with Gasteiger partial charge in [0.15, 0.2) is 0 Å². The van der Waals surface area contributed by atoms with Crippen LogP contribution >= 0.6 is 11.3 Å². The second kappa shape index (κ2) is 6.13. The molecule has 0 saturated carbocycles. The standard InChI is InChI=1S/C13H21N3S/c1-10(2)15-7-5-6-11-8-17-12(16-11)13(3,4)9-14/h8,10,15H,5-7H2,1-4H3. The van der Waals surface area contributed by atoms with E-state index in [1.165, 1.54) is 0 Å². The molecule has 0 amide bonds. The zero-order valence-electron chi connectivity index (χ0n) is 11.1. The molecular weight excluding hydrogens is 230 g/mol. The van der Waals surface area contributed by atoms with Crippen molar-refractivity contribution in [3.63, 3.8) is 0 Å². The van der Waals surface area contributed by atoms with Gasteiger partial charge < -0.3 is 5.32 Å². The normalized spacial score (nSPS) is 11.8. The summed E-state index contributed by atoms with van der Waals surface area (Å²) in [5, 5.41) is 15.4. The zero-order chi connectivity index (χ0) is 12.9. The van der Waals surface area contributed by atoms with Crippen molar-refractivity contribution < 1.29 is 0 Å². The van der Waals surface area contributed by atoms with E-state index >= 15 is 0 Å². The lowest BCUT2D eigenvalue weighted by molar-refractivity contribution is 0.568. The Balaban J connectivity index is 2.45. The molecule has 1 rings (SSSR count). The second-order valence-electron chi connectivity index (χ2n) is 5.09. The van der Waals surface area contributed by atoms with Gasteiger partial charge in [-0.15, -0.1) is 11.3 Å². The molecule has 1 N–H and O–H groups in total. The van der Waals surface area contributed by atoms with Crippen molar-refractivity contribution in [1.82, 2.24) is 10.3 Å². The predicted molar refractivity (Wildman–Crippen MR) is 72.2 cm³/mol. The van der Waals surface area contributed by atoms with E-state index in [2.05, 4.69) is 35.6 Å². The molecule has 0 saturated heterocycles. The number of nitrogens with zero attached hydrogens (tertiary/aromatic N) is 2. The van der Waals surface area contributed by atoms with Crippen molar-refractivity contribution in [3.05, 3.63) is 16.1 Å². The summed E-state index contributed by atoms with van der Waals surface area (Å²) in [6, 6.07) is 2.83. The average molecular weight is 251 g/mol. The first-order valence-corrected chi connectivity index (χ1v) is 6.93. The highest BCUT2D eigenvalue weighted by Gasteiger charge is 2.23. The molecule has 1 aromatic rings. The summed E-state index contributed by atoms with van der Waals surface area (Å²) in [5.74, 6) is 0. The lowest BCUT2D eigenvalue weighted by Crippen LogP contribution is -2.23. The second-order valence-corrected chi connectivity index (χ2v) is 5.95. The minimum absolute atomic E-state index is 0.459. The van der Waals surface area contributed by atoms with E-state index in [9.17, 15) is 0 Å².